The summed E-state index contributed by atoms with van der Waals surface area (Å²) < 4.78 is 1.22. The van der Waals surface area contributed by atoms with Crippen molar-refractivity contribution < 1.29 is 0 Å². The Morgan fingerprint density at radius 3 is 2.50 bits per heavy atom. The van der Waals surface area contributed by atoms with Crippen molar-refractivity contribution in [1.82, 2.24) is 0 Å². The van der Waals surface area contributed by atoms with E-state index in [-0.39, 0.29) is 0 Å². The van der Waals surface area contributed by atoms with Gasteiger partial charge in [0.05, 0.1) is 0 Å². The van der Waals surface area contributed by atoms with E-state index in [9.17, 15) is 0 Å². The molecule has 0 radical (unpaired) electrons. The molecule has 0 fully saturated rings. The molecule has 0 spiro atoms. The molecular formula is C17H15Br. The van der Waals surface area contributed by atoms with Crippen LogP contribution in [0.3, 0.4) is 0 Å². The second kappa shape index (κ2) is 4.40. The summed E-state index contributed by atoms with van der Waals surface area (Å²) in [6.07, 6.45) is 5.53. The van der Waals surface area contributed by atoms with Crippen LogP contribution in [0, 0.1) is 13.8 Å². The van der Waals surface area contributed by atoms with Crippen LogP contribution in [0.1, 0.15) is 22.3 Å². The van der Waals surface area contributed by atoms with Crippen molar-refractivity contribution in [3.63, 3.8) is 0 Å². The van der Waals surface area contributed by atoms with Gasteiger partial charge >= 0.3 is 0 Å². The lowest BCUT2D eigenvalue weighted by Crippen LogP contribution is -1.92. The minimum absolute atomic E-state index is 1.06. The van der Waals surface area contributed by atoms with Gasteiger partial charge in [-0.25, -0.2) is 0 Å². The Balaban J connectivity index is 2.20. The molecule has 0 atom stereocenters. The number of rotatable bonds is 1. The van der Waals surface area contributed by atoms with Gasteiger partial charge in [-0.15, -0.1) is 0 Å². The van der Waals surface area contributed by atoms with Crippen molar-refractivity contribution in [3.8, 4) is 11.1 Å². The first-order valence-electron chi connectivity index (χ1n) is 6.22. The number of aryl methyl sites for hydroxylation is 1. The van der Waals surface area contributed by atoms with Crippen LogP contribution in [0.15, 0.2) is 40.9 Å². The highest BCUT2D eigenvalue weighted by atomic mass is 79.9. The molecule has 0 saturated carbocycles. The third kappa shape index (κ3) is 1.83. The van der Waals surface area contributed by atoms with Gasteiger partial charge < -0.3 is 0 Å². The molecule has 90 valence electrons. The summed E-state index contributed by atoms with van der Waals surface area (Å²) in [4.78, 5) is 0. The van der Waals surface area contributed by atoms with Crippen molar-refractivity contribution in [2.45, 2.75) is 20.3 Å². The van der Waals surface area contributed by atoms with Crippen LogP contribution in [0.5, 0.6) is 0 Å². The van der Waals surface area contributed by atoms with Crippen molar-refractivity contribution in [2.75, 3.05) is 0 Å². The number of allylic oxidation sites excluding steroid dienone is 1. The quantitative estimate of drug-likeness (QED) is 0.670. The van der Waals surface area contributed by atoms with Crippen LogP contribution >= 0.6 is 15.9 Å². The molecule has 0 saturated heterocycles. The van der Waals surface area contributed by atoms with Crippen molar-refractivity contribution in [2.24, 2.45) is 0 Å². The van der Waals surface area contributed by atoms with E-state index in [1.54, 1.807) is 0 Å². The highest BCUT2D eigenvalue weighted by Crippen LogP contribution is 2.37. The molecule has 2 aromatic carbocycles. The molecule has 18 heavy (non-hydrogen) atoms. The molecule has 1 aliphatic rings. The summed E-state index contributed by atoms with van der Waals surface area (Å²) >= 11 is 3.76. The van der Waals surface area contributed by atoms with E-state index >= 15 is 0 Å². The molecular weight excluding hydrogens is 284 g/mol. The van der Waals surface area contributed by atoms with Crippen LogP contribution in [-0.2, 0) is 6.42 Å². The van der Waals surface area contributed by atoms with E-state index < -0.39 is 0 Å². The number of fused-ring (bicyclic) bond motifs is 1. The van der Waals surface area contributed by atoms with Gasteiger partial charge in [0.1, 0.15) is 0 Å². The van der Waals surface area contributed by atoms with E-state index in [2.05, 4.69) is 72.3 Å². The van der Waals surface area contributed by atoms with Crippen LogP contribution in [0.4, 0.5) is 0 Å². The van der Waals surface area contributed by atoms with E-state index in [1.165, 1.54) is 37.9 Å². The van der Waals surface area contributed by atoms with Crippen LogP contribution in [0.2, 0.25) is 0 Å². The van der Waals surface area contributed by atoms with Crippen LogP contribution in [-0.4, -0.2) is 0 Å². The molecule has 0 unspecified atom stereocenters. The van der Waals surface area contributed by atoms with Gasteiger partial charge in [0.25, 0.3) is 0 Å². The highest BCUT2D eigenvalue weighted by Gasteiger charge is 2.15. The molecule has 0 aromatic heterocycles. The summed E-state index contributed by atoms with van der Waals surface area (Å²) in [6, 6.07) is 11.1. The molecule has 0 nitrogen and oxygen atoms in total. The van der Waals surface area contributed by atoms with Gasteiger partial charge in [-0.2, -0.15) is 0 Å². The average Bonchev–Trinajstić information content (AvgIpc) is 2.83. The number of hydrogen-bond acceptors (Lipinski definition) is 0. The lowest BCUT2D eigenvalue weighted by Gasteiger charge is -2.13. The first-order valence-corrected chi connectivity index (χ1v) is 7.01. The van der Waals surface area contributed by atoms with E-state index in [1.807, 2.05) is 0 Å². The van der Waals surface area contributed by atoms with E-state index in [0.717, 1.165) is 6.42 Å². The summed E-state index contributed by atoms with van der Waals surface area (Å²) in [5.74, 6) is 0. The van der Waals surface area contributed by atoms with Gasteiger partial charge in [-0.05, 0) is 70.1 Å². The summed E-state index contributed by atoms with van der Waals surface area (Å²) in [7, 11) is 0. The predicted octanol–water partition coefficient (Wildman–Crippen LogP) is 5.30. The maximum absolute atomic E-state index is 3.76. The Morgan fingerprint density at radius 1 is 1.06 bits per heavy atom. The van der Waals surface area contributed by atoms with Crippen LogP contribution in [0.25, 0.3) is 17.2 Å². The molecule has 2 aromatic rings. The minimum Gasteiger partial charge on any atom is -0.0795 e. The Morgan fingerprint density at radius 2 is 1.78 bits per heavy atom. The third-order valence-electron chi connectivity index (χ3n) is 3.62. The number of benzene rings is 2. The van der Waals surface area contributed by atoms with Gasteiger partial charge in [0.15, 0.2) is 0 Å². The molecule has 1 heteroatoms. The first kappa shape index (κ1) is 11.7. The Kier molecular flexibility index (Phi) is 2.87. The smallest absolute Gasteiger partial charge is 0.0289 e. The third-order valence-corrected chi connectivity index (χ3v) is 4.64. The SMILES string of the molecule is Cc1ccc(-c2cc3c(c(C)c2Br)C=CC3)cc1. The molecule has 0 heterocycles. The number of halogens is 1. The zero-order chi connectivity index (χ0) is 12.7. The van der Waals surface area contributed by atoms with Gasteiger partial charge in [-0.1, -0.05) is 42.0 Å². The predicted molar refractivity (Wildman–Crippen MR) is 81.8 cm³/mol. The second-order valence-corrected chi connectivity index (χ2v) is 5.70. The highest BCUT2D eigenvalue weighted by molar-refractivity contribution is 9.10. The maximum atomic E-state index is 3.76. The Labute approximate surface area is 116 Å². The fourth-order valence-corrected chi connectivity index (χ4v) is 3.08. The fourth-order valence-electron chi connectivity index (χ4n) is 2.52. The van der Waals surface area contributed by atoms with Crippen molar-refractivity contribution in [3.05, 3.63) is 63.1 Å². The van der Waals surface area contributed by atoms with Gasteiger partial charge in [0.2, 0.25) is 0 Å². The first-order chi connectivity index (χ1) is 8.66. The van der Waals surface area contributed by atoms with Crippen molar-refractivity contribution in [1.29, 1.82) is 0 Å². The summed E-state index contributed by atoms with van der Waals surface area (Å²) in [6.45, 7) is 4.31. The van der Waals surface area contributed by atoms with Gasteiger partial charge in [0, 0.05) is 4.47 Å². The lowest BCUT2D eigenvalue weighted by molar-refractivity contribution is 1.27. The average molecular weight is 299 g/mol. The molecule has 1 aliphatic carbocycles. The van der Waals surface area contributed by atoms with Crippen molar-refractivity contribution >= 4 is 22.0 Å². The summed E-state index contributed by atoms with van der Waals surface area (Å²) in [5.41, 5.74) is 8.05. The van der Waals surface area contributed by atoms with E-state index in [4.69, 9.17) is 0 Å². The number of hydrogen-bond donors (Lipinski definition) is 0. The minimum atomic E-state index is 1.06. The monoisotopic (exact) mass is 298 g/mol. The topological polar surface area (TPSA) is 0 Å². The Hall–Kier alpha value is -1.34. The molecule has 0 amide bonds. The van der Waals surface area contributed by atoms with Gasteiger partial charge in [-0.3, -0.25) is 0 Å². The molecule has 0 N–H and O–H groups in total. The van der Waals surface area contributed by atoms with E-state index in [0.29, 0.717) is 0 Å². The Bertz CT molecular complexity index is 634. The zero-order valence-electron chi connectivity index (χ0n) is 10.6. The fraction of sp³-hybridized carbons (Fsp3) is 0.176. The maximum Gasteiger partial charge on any atom is 0.0289 e. The van der Waals surface area contributed by atoms with Crippen LogP contribution < -0.4 is 0 Å². The second-order valence-electron chi connectivity index (χ2n) is 4.91. The largest absolute Gasteiger partial charge is 0.0795 e. The molecule has 0 aliphatic heterocycles. The normalized spacial score (nSPS) is 12.8. The molecule has 0 bridgehead atoms. The standard InChI is InChI=1S/C17H15Br/c1-11-6-8-13(9-7-11)16-10-14-4-3-5-15(14)12(2)17(16)18/h3,5-10H,4H2,1-2H3. The summed E-state index contributed by atoms with van der Waals surface area (Å²) in [5, 5.41) is 0. The molecule has 3 rings (SSSR count). The lowest BCUT2D eigenvalue weighted by atomic mass is 9.96. The zero-order valence-corrected chi connectivity index (χ0v) is 12.2.